The van der Waals surface area contributed by atoms with Gasteiger partial charge in [0.05, 0.1) is 0 Å². The number of carbonyl (C=O) groups is 2. The number of likely N-dealkylation sites (tertiary alicyclic amines) is 1. The maximum absolute atomic E-state index is 12.6. The zero-order valence-electron chi connectivity index (χ0n) is 13.7. The molecule has 1 aliphatic heterocycles. The summed E-state index contributed by atoms with van der Waals surface area (Å²) < 4.78 is 0. The van der Waals surface area contributed by atoms with Gasteiger partial charge in [-0.1, -0.05) is 23.7 Å². The van der Waals surface area contributed by atoms with Gasteiger partial charge in [-0.3, -0.25) is 9.59 Å². The van der Waals surface area contributed by atoms with Gasteiger partial charge < -0.3 is 9.80 Å². The molecule has 3 rings (SSSR count). The van der Waals surface area contributed by atoms with Crippen LogP contribution in [0.1, 0.15) is 31.2 Å². The standard InChI is InChI=1S/C18H23ClN2O2/c1-12(22)21-8-7-13(11-21)10-20(2)18(23)17-9-16(17)14-3-5-15(19)6-4-14/h3-6,13,16-17H,7-11H2,1-2H3/t13-,16+,17-/m1/s1. The highest BCUT2D eigenvalue weighted by Gasteiger charge is 2.45. The summed E-state index contributed by atoms with van der Waals surface area (Å²) in [5.41, 5.74) is 1.20. The Morgan fingerprint density at radius 3 is 2.61 bits per heavy atom. The van der Waals surface area contributed by atoms with E-state index in [0.29, 0.717) is 11.8 Å². The van der Waals surface area contributed by atoms with Gasteiger partial charge in [0, 0.05) is 44.5 Å². The Morgan fingerprint density at radius 1 is 1.30 bits per heavy atom. The third-order valence-electron chi connectivity index (χ3n) is 5.05. The Balaban J connectivity index is 1.51. The summed E-state index contributed by atoms with van der Waals surface area (Å²) in [5, 5.41) is 0.727. The molecule has 1 aromatic carbocycles. The number of benzene rings is 1. The molecule has 0 bridgehead atoms. The van der Waals surface area contributed by atoms with Crippen LogP contribution >= 0.6 is 11.6 Å². The molecule has 2 fully saturated rings. The summed E-state index contributed by atoms with van der Waals surface area (Å²) in [6.07, 6.45) is 1.91. The van der Waals surface area contributed by atoms with Crippen molar-refractivity contribution in [3.63, 3.8) is 0 Å². The minimum Gasteiger partial charge on any atom is -0.345 e. The van der Waals surface area contributed by atoms with Crippen molar-refractivity contribution in [2.75, 3.05) is 26.7 Å². The Hall–Kier alpha value is -1.55. The van der Waals surface area contributed by atoms with Gasteiger partial charge in [-0.2, -0.15) is 0 Å². The van der Waals surface area contributed by atoms with Gasteiger partial charge in [-0.05, 0) is 42.4 Å². The highest BCUT2D eigenvalue weighted by molar-refractivity contribution is 6.30. The average molecular weight is 335 g/mol. The van der Waals surface area contributed by atoms with Crippen molar-refractivity contribution in [2.24, 2.45) is 11.8 Å². The Bertz CT molecular complexity index is 602. The summed E-state index contributed by atoms with van der Waals surface area (Å²) in [4.78, 5) is 27.7. The van der Waals surface area contributed by atoms with Crippen molar-refractivity contribution in [2.45, 2.75) is 25.7 Å². The lowest BCUT2D eigenvalue weighted by Crippen LogP contribution is -2.35. The van der Waals surface area contributed by atoms with E-state index in [9.17, 15) is 9.59 Å². The van der Waals surface area contributed by atoms with Crippen LogP contribution in [-0.4, -0.2) is 48.3 Å². The van der Waals surface area contributed by atoms with Crippen LogP contribution < -0.4 is 0 Å². The number of rotatable bonds is 4. The van der Waals surface area contributed by atoms with Gasteiger partial charge in [-0.15, -0.1) is 0 Å². The number of carbonyl (C=O) groups excluding carboxylic acids is 2. The predicted molar refractivity (Wildman–Crippen MR) is 90.3 cm³/mol. The van der Waals surface area contributed by atoms with Gasteiger partial charge >= 0.3 is 0 Å². The van der Waals surface area contributed by atoms with Crippen molar-refractivity contribution in [3.05, 3.63) is 34.9 Å². The van der Waals surface area contributed by atoms with Crippen LogP contribution in [-0.2, 0) is 9.59 Å². The highest BCUT2D eigenvalue weighted by Crippen LogP contribution is 2.48. The van der Waals surface area contributed by atoms with E-state index in [1.165, 1.54) is 5.56 Å². The lowest BCUT2D eigenvalue weighted by molar-refractivity contribution is -0.131. The van der Waals surface area contributed by atoms with E-state index >= 15 is 0 Å². The van der Waals surface area contributed by atoms with Crippen LogP contribution in [0.5, 0.6) is 0 Å². The number of amides is 2. The van der Waals surface area contributed by atoms with Crippen molar-refractivity contribution in [1.82, 2.24) is 9.80 Å². The fourth-order valence-corrected chi connectivity index (χ4v) is 3.70. The third kappa shape index (κ3) is 3.69. The lowest BCUT2D eigenvalue weighted by Gasteiger charge is -2.22. The Labute approximate surface area is 142 Å². The maximum atomic E-state index is 12.6. The molecule has 0 spiro atoms. The molecule has 3 atom stereocenters. The summed E-state index contributed by atoms with van der Waals surface area (Å²) in [5.74, 6) is 1.20. The molecular weight excluding hydrogens is 312 g/mol. The fraction of sp³-hybridized carbons (Fsp3) is 0.556. The van der Waals surface area contributed by atoms with Crippen molar-refractivity contribution < 1.29 is 9.59 Å². The molecule has 1 heterocycles. The van der Waals surface area contributed by atoms with E-state index in [4.69, 9.17) is 11.6 Å². The van der Waals surface area contributed by atoms with E-state index < -0.39 is 0 Å². The van der Waals surface area contributed by atoms with Crippen LogP contribution in [0.15, 0.2) is 24.3 Å². The minimum absolute atomic E-state index is 0.103. The van der Waals surface area contributed by atoms with E-state index in [2.05, 4.69) is 0 Å². The topological polar surface area (TPSA) is 40.6 Å². The summed E-state index contributed by atoms with van der Waals surface area (Å²) in [6.45, 7) is 3.95. The minimum atomic E-state index is 0.103. The van der Waals surface area contributed by atoms with Crippen molar-refractivity contribution in [1.29, 1.82) is 0 Å². The zero-order chi connectivity index (χ0) is 16.6. The SMILES string of the molecule is CC(=O)N1CC[C@H](CN(C)C(=O)[C@@H]2C[C@H]2c2ccc(Cl)cc2)C1. The summed E-state index contributed by atoms with van der Waals surface area (Å²) in [7, 11) is 1.88. The molecule has 0 radical (unpaired) electrons. The molecule has 2 aliphatic rings. The average Bonchev–Trinajstić information content (AvgIpc) is 3.18. The van der Waals surface area contributed by atoms with Crippen LogP contribution in [0.25, 0.3) is 0 Å². The Kier molecular flexibility index (Phi) is 4.62. The molecule has 0 N–H and O–H groups in total. The molecule has 4 nitrogen and oxygen atoms in total. The van der Waals surface area contributed by atoms with Crippen LogP contribution in [0.2, 0.25) is 5.02 Å². The number of halogens is 1. The highest BCUT2D eigenvalue weighted by atomic mass is 35.5. The molecule has 5 heteroatoms. The first-order valence-electron chi connectivity index (χ1n) is 8.21. The first-order valence-corrected chi connectivity index (χ1v) is 8.59. The molecule has 0 aromatic heterocycles. The molecular formula is C18H23ClN2O2. The van der Waals surface area contributed by atoms with Crippen LogP contribution in [0.3, 0.4) is 0 Å². The van der Waals surface area contributed by atoms with Gasteiger partial charge in [0.2, 0.25) is 11.8 Å². The van der Waals surface area contributed by atoms with Gasteiger partial charge in [0.15, 0.2) is 0 Å². The number of hydrogen-bond donors (Lipinski definition) is 0. The monoisotopic (exact) mass is 334 g/mol. The number of nitrogens with zero attached hydrogens (tertiary/aromatic N) is 2. The first kappa shape index (κ1) is 16.3. The normalized spacial score (nSPS) is 26.2. The largest absolute Gasteiger partial charge is 0.345 e. The van der Waals surface area contributed by atoms with E-state index in [-0.39, 0.29) is 17.7 Å². The van der Waals surface area contributed by atoms with Crippen LogP contribution in [0, 0.1) is 11.8 Å². The second-order valence-corrected chi connectivity index (χ2v) is 7.28. The zero-order valence-corrected chi connectivity index (χ0v) is 14.4. The predicted octanol–water partition coefficient (Wildman–Crippen LogP) is 2.77. The molecule has 1 saturated heterocycles. The molecule has 1 aliphatic carbocycles. The number of hydrogen-bond acceptors (Lipinski definition) is 2. The fourth-order valence-electron chi connectivity index (χ4n) is 3.57. The molecule has 23 heavy (non-hydrogen) atoms. The van der Waals surface area contributed by atoms with Crippen LogP contribution in [0.4, 0.5) is 0 Å². The van der Waals surface area contributed by atoms with Gasteiger partial charge in [-0.25, -0.2) is 0 Å². The molecule has 1 saturated carbocycles. The second kappa shape index (κ2) is 6.52. The van der Waals surface area contributed by atoms with Gasteiger partial charge in [0.1, 0.15) is 0 Å². The second-order valence-electron chi connectivity index (χ2n) is 6.84. The van der Waals surface area contributed by atoms with E-state index in [0.717, 1.165) is 37.5 Å². The summed E-state index contributed by atoms with van der Waals surface area (Å²) >= 11 is 5.91. The molecule has 0 unspecified atom stereocenters. The Morgan fingerprint density at radius 2 is 2.00 bits per heavy atom. The maximum Gasteiger partial charge on any atom is 0.226 e. The molecule has 2 amide bonds. The van der Waals surface area contributed by atoms with Gasteiger partial charge in [0.25, 0.3) is 0 Å². The summed E-state index contributed by atoms with van der Waals surface area (Å²) in [6, 6.07) is 7.80. The van der Waals surface area contributed by atoms with E-state index in [1.807, 2.05) is 41.1 Å². The third-order valence-corrected chi connectivity index (χ3v) is 5.30. The smallest absolute Gasteiger partial charge is 0.226 e. The lowest BCUT2D eigenvalue weighted by atomic mass is 10.1. The molecule has 124 valence electrons. The quantitative estimate of drug-likeness (QED) is 0.849. The van der Waals surface area contributed by atoms with Crippen molar-refractivity contribution in [3.8, 4) is 0 Å². The molecule has 1 aromatic rings. The van der Waals surface area contributed by atoms with E-state index in [1.54, 1.807) is 6.92 Å². The van der Waals surface area contributed by atoms with Crippen molar-refractivity contribution >= 4 is 23.4 Å². The first-order chi connectivity index (χ1) is 11.0.